The van der Waals surface area contributed by atoms with Crippen LogP contribution in [0.25, 0.3) is 0 Å². The zero-order chi connectivity index (χ0) is 8.97. The summed E-state index contributed by atoms with van der Waals surface area (Å²) in [5.41, 5.74) is 0. The van der Waals surface area contributed by atoms with Gasteiger partial charge in [0.1, 0.15) is 5.92 Å². The summed E-state index contributed by atoms with van der Waals surface area (Å²) in [5, 5.41) is 17.3. The van der Waals surface area contributed by atoms with Crippen LogP contribution in [-0.4, -0.2) is 19.0 Å². The van der Waals surface area contributed by atoms with Crippen LogP contribution in [0.15, 0.2) is 4.99 Å². The van der Waals surface area contributed by atoms with Crippen LogP contribution in [0.1, 0.15) is 6.92 Å². The maximum atomic E-state index is 8.70. The summed E-state index contributed by atoms with van der Waals surface area (Å²) in [6.07, 6.45) is 0. The van der Waals surface area contributed by atoms with Crippen molar-refractivity contribution in [2.75, 3.05) is 13.2 Å². The van der Waals surface area contributed by atoms with Crippen molar-refractivity contribution in [1.82, 2.24) is 0 Å². The highest BCUT2D eigenvalue weighted by Crippen LogP contribution is 2.20. The van der Waals surface area contributed by atoms with Crippen LogP contribution in [0.2, 0.25) is 0 Å². The van der Waals surface area contributed by atoms with Crippen LogP contribution < -0.4 is 0 Å². The van der Waals surface area contributed by atoms with E-state index in [0.717, 1.165) is 0 Å². The van der Waals surface area contributed by atoms with Crippen LogP contribution in [0.5, 0.6) is 0 Å². The van der Waals surface area contributed by atoms with Crippen molar-refractivity contribution in [2.45, 2.75) is 6.92 Å². The van der Waals surface area contributed by atoms with Gasteiger partial charge in [0.2, 0.25) is 5.90 Å². The third-order valence-corrected chi connectivity index (χ3v) is 1.71. The highest BCUT2D eigenvalue weighted by molar-refractivity contribution is 5.83. The Labute approximate surface area is 71.1 Å². The van der Waals surface area contributed by atoms with Crippen molar-refractivity contribution in [3.63, 3.8) is 0 Å². The van der Waals surface area contributed by atoms with Gasteiger partial charge in [0.25, 0.3) is 0 Å². The lowest BCUT2D eigenvalue weighted by Gasteiger charge is -2.06. The Morgan fingerprint density at radius 3 is 2.83 bits per heavy atom. The van der Waals surface area contributed by atoms with Gasteiger partial charge in [-0.1, -0.05) is 0 Å². The molecule has 1 aliphatic heterocycles. The second kappa shape index (κ2) is 3.73. The molecule has 0 aromatic carbocycles. The van der Waals surface area contributed by atoms with Crippen LogP contribution >= 0.6 is 0 Å². The number of rotatable bonds is 1. The Morgan fingerprint density at radius 2 is 2.33 bits per heavy atom. The fourth-order valence-corrected chi connectivity index (χ4v) is 1.11. The van der Waals surface area contributed by atoms with Gasteiger partial charge in [-0.15, -0.1) is 0 Å². The molecule has 4 heteroatoms. The summed E-state index contributed by atoms with van der Waals surface area (Å²) >= 11 is 0. The SMILES string of the molecule is CCOC1=NC[C@H](C#N)[C@H]1C#N. The minimum Gasteiger partial charge on any atom is -0.480 e. The minimum atomic E-state index is -0.463. The Morgan fingerprint density at radius 1 is 1.58 bits per heavy atom. The van der Waals surface area contributed by atoms with Crippen LogP contribution in [0.4, 0.5) is 0 Å². The molecule has 0 unspecified atom stereocenters. The molecule has 2 atom stereocenters. The number of hydrogen-bond acceptors (Lipinski definition) is 4. The molecule has 0 bridgehead atoms. The Hall–Kier alpha value is -1.55. The maximum Gasteiger partial charge on any atom is 0.202 e. The lowest BCUT2D eigenvalue weighted by Crippen LogP contribution is -2.18. The van der Waals surface area contributed by atoms with E-state index in [0.29, 0.717) is 19.0 Å². The molecule has 1 rings (SSSR count). The van der Waals surface area contributed by atoms with E-state index in [2.05, 4.69) is 4.99 Å². The molecule has 1 heterocycles. The van der Waals surface area contributed by atoms with E-state index in [-0.39, 0.29) is 5.92 Å². The fourth-order valence-electron chi connectivity index (χ4n) is 1.11. The normalized spacial score (nSPS) is 27.1. The Kier molecular flexibility index (Phi) is 2.66. The first kappa shape index (κ1) is 8.55. The third-order valence-electron chi connectivity index (χ3n) is 1.71. The van der Waals surface area contributed by atoms with E-state index in [9.17, 15) is 0 Å². The molecular formula is C8H9N3O. The van der Waals surface area contributed by atoms with Crippen molar-refractivity contribution in [3.05, 3.63) is 0 Å². The molecule has 0 aliphatic carbocycles. The zero-order valence-corrected chi connectivity index (χ0v) is 6.82. The van der Waals surface area contributed by atoms with E-state index in [1.807, 2.05) is 19.1 Å². The molecule has 0 aromatic heterocycles. The van der Waals surface area contributed by atoms with E-state index < -0.39 is 5.92 Å². The van der Waals surface area contributed by atoms with Crippen LogP contribution in [-0.2, 0) is 4.74 Å². The summed E-state index contributed by atoms with van der Waals surface area (Å²) in [5.74, 6) is -0.363. The number of nitrogens with zero attached hydrogens (tertiary/aromatic N) is 3. The zero-order valence-electron chi connectivity index (χ0n) is 6.82. The molecule has 0 saturated carbocycles. The molecule has 12 heavy (non-hydrogen) atoms. The largest absolute Gasteiger partial charge is 0.480 e. The summed E-state index contributed by atoms with van der Waals surface area (Å²) in [4.78, 5) is 3.98. The molecule has 1 aliphatic rings. The smallest absolute Gasteiger partial charge is 0.202 e. The van der Waals surface area contributed by atoms with Gasteiger partial charge in [0.05, 0.1) is 31.2 Å². The minimum absolute atomic E-state index is 0.323. The second-order valence-corrected chi connectivity index (χ2v) is 2.45. The van der Waals surface area contributed by atoms with Gasteiger partial charge < -0.3 is 4.74 Å². The molecule has 0 N–H and O–H groups in total. The van der Waals surface area contributed by atoms with Crippen LogP contribution in [0.3, 0.4) is 0 Å². The first-order valence-electron chi connectivity index (χ1n) is 3.79. The first-order valence-corrected chi connectivity index (χ1v) is 3.79. The highest BCUT2D eigenvalue weighted by Gasteiger charge is 2.32. The predicted octanol–water partition coefficient (Wildman–Crippen LogP) is 0.715. The third kappa shape index (κ3) is 1.38. The molecular weight excluding hydrogens is 154 g/mol. The fraction of sp³-hybridized carbons (Fsp3) is 0.625. The van der Waals surface area contributed by atoms with Gasteiger partial charge in [0, 0.05) is 0 Å². The molecule has 0 fully saturated rings. The van der Waals surface area contributed by atoms with E-state index in [1.165, 1.54) is 0 Å². The van der Waals surface area contributed by atoms with Crippen molar-refractivity contribution in [1.29, 1.82) is 10.5 Å². The summed E-state index contributed by atoms with van der Waals surface area (Å²) in [6.45, 7) is 2.72. The highest BCUT2D eigenvalue weighted by atomic mass is 16.5. The molecule has 0 saturated heterocycles. The van der Waals surface area contributed by atoms with Crippen molar-refractivity contribution >= 4 is 5.90 Å². The summed E-state index contributed by atoms with van der Waals surface area (Å²) in [6, 6.07) is 4.06. The Balaban J connectivity index is 2.68. The second-order valence-electron chi connectivity index (χ2n) is 2.45. The lowest BCUT2D eigenvalue weighted by atomic mass is 9.98. The topological polar surface area (TPSA) is 69.2 Å². The molecule has 0 aromatic rings. The van der Waals surface area contributed by atoms with Gasteiger partial charge in [-0.05, 0) is 6.92 Å². The van der Waals surface area contributed by atoms with Gasteiger partial charge in [0.15, 0.2) is 0 Å². The maximum absolute atomic E-state index is 8.70. The average molecular weight is 163 g/mol. The van der Waals surface area contributed by atoms with E-state index in [4.69, 9.17) is 15.3 Å². The number of aliphatic imine (C=N–C) groups is 1. The van der Waals surface area contributed by atoms with Crippen LogP contribution in [0, 0.1) is 34.5 Å². The number of nitriles is 2. The van der Waals surface area contributed by atoms with Gasteiger partial charge in [-0.2, -0.15) is 10.5 Å². The number of ether oxygens (including phenoxy) is 1. The van der Waals surface area contributed by atoms with Crippen molar-refractivity contribution in [2.24, 2.45) is 16.8 Å². The van der Waals surface area contributed by atoms with Crippen molar-refractivity contribution in [3.8, 4) is 12.1 Å². The van der Waals surface area contributed by atoms with Crippen molar-refractivity contribution < 1.29 is 4.74 Å². The van der Waals surface area contributed by atoms with E-state index in [1.54, 1.807) is 0 Å². The molecule has 62 valence electrons. The first-order chi connectivity index (χ1) is 5.83. The quantitative estimate of drug-likeness (QED) is 0.571. The predicted molar refractivity (Wildman–Crippen MR) is 42.1 cm³/mol. The average Bonchev–Trinajstić information content (AvgIpc) is 2.47. The lowest BCUT2D eigenvalue weighted by molar-refractivity contribution is 0.310. The summed E-state index contributed by atoms with van der Waals surface area (Å²) < 4.78 is 5.11. The van der Waals surface area contributed by atoms with E-state index >= 15 is 0 Å². The van der Waals surface area contributed by atoms with Gasteiger partial charge in [-0.25, -0.2) is 0 Å². The van der Waals surface area contributed by atoms with Gasteiger partial charge in [-0.3, -0.25) is 4.99 Å². The van der Waals surface area contributed by atoms with Gasteiger partial charge >= 0.3 is 0 Å². The standard InChI is InChI=1S/C8H9N3O/c1-2-12-8-7(4-10)6(3-9)5-11-8/h6-7H,2,5H2,1H3/t6-,7+/m0/s1. The monoisotopic (exact) mass is 163 g/mol. The molecule has 4 nitrogen and oxygen atoms in total. The number of hydrogen-bond donors (Lipinski definition) is 0. The molecule has 0 amide bonds. The molecule has 0 spiro atoms. The summed E-state index contributed by atoms with van der Waals surface area (Å²) in [7, 11) is 0. The Bertz CT molecular complexity index is 271. The molecule has 0 radical (unpaired) electrons.